The minimum atomic E-state index is 0.110. The number of nitrogens with one attached hydrogen (secondary N) is 1. The third-order valence-corrected chi connectivity index (χ3v) is 2.26. The monoisotopic (exact) mass is 186 g/mol. The summed E-state index contributed by atoms with van der Waals surface area (Å²) in [6, 6.07) is 0. The number of morpholine rings is 1. The Morgan fingerprint density at radius 1 is 1.69 bits per heavy atom. The highest BCUT2D eigenvalue weighted by Crippen LogP contribution is 2.04. The largest absolute Gasteiger partial charge is 0.376 e. The molecule has 0 aliphatic carbocycles. The molecule has 1 saturated heterocycles. The third-order valence-electron chi connectivity index (χ3n) is 2.26. The maximum atomic E-state index is 11.0. The third kappa shape index (κ3) is 3.74. The molecule has 0 spiro atoms. The van der Waals surface area contributed by atoms with Crippen molar-refractivity contribution in [1.29, 1.82) is 0 Å². The van der Waals surface area contributed by atoms with Crippen molar-refractivity contribution in [1.82, 2.24) is 10.2 Å². The lowest BCUT2D eigenvalue weighted by molar-refractivity contribution is -0.121. The average Bonchev–Trinajstić information content (AvgIpc) is 2.14. The molecular formula is C9H18N2O2. The molecular weight excluding hydrogens is 168 g/mol. The van der Waals surface area contributed by atoms with E-state index in [1.165, 1.54) is 0 Å². The van der Waals surface area contributed by atoms with Gasteiger partial charge >= 0.3 is 0 Å². The first-order valence-electron chi connectivity index (χ1n) is 4.77. The first-order valence-corrected chi connectivity index (χ1v) is 4.77. The molecule has 0 radical (unpaired) electrons. The molecule has 1 fully saturated rings. The van der Waals surface area contributed by atoms with Crippen LogP contribution in [0.4, 0.5) is 0 Å². The van der Waals surface area contributed by atoms with Crippen LogP contribution in [-0.4, -0.2) is 50.2 Å². The van der Waals surface area contributed by atoms with Gasteiger partial charge in [-0.05, 0) is 6.92 Å². The second kappa shape index (κ2) is 5.19. The number of amides is 1. The van der Waals surface area contributed by atoms with E-state index in [4.69, 9.17) is 4.74 Å². The van der Waals surface area contributed by atoms with Gasteiger partial charge in [0.05, 0.1) is 12.7 Å². The number of nitrogens with zero attached hydrogens (tertiary/aromatic N) is 1. The lowest BCUT2D eigenvalue weighted by Crippen LogP contribution is -2.42. The molecule has 76 valence electrons. The fourth-order valence-corrected chi connectivity index (χ4v) is 1.48. The second-order valence-electron chi connectivity index (χ2n) is 3.41. The van der Waals surface area contributed by atoms with Crippen molar-refractivity contribution in [2.75, 3.05) is 33.3 Å². The molecule has 0 aromatic rings. The van der Waals surface area contributed by atoms with Gasteiger partial charge in [0.15, 0.2) is 0 Å². The average molecular weight is 186 g/mol. The first-order chi connectivity index (χ1) is 6.22. The summed E-state index contributed by atoms with van der Waals surface area (Å²) in [7, 11) is 1.67. The SMILES string of the molecule is CNC(=O)CCN1CCO[C@@H](C)C1. The van der Waals surface area contributed by atoms with E-state index in [9.17, 15) is 4.79 Å². The molecule has 1 amide bonds. The Hall–Kier alpha value is -0.610. The minimum Gasteiger partial charge on any atom is -0.376 e. The van der Waals surface area contributed by atoms with Crippen LogP contribution in [0.25, 0.3) is 0 Å². The van der Waals surface area contributed by atoms with Crippen LogP contribution in [0.5, 0.6) is 0 Å². The van der Waals surface area contributed by atoms with E-state index in [1.807, 2.05) is 0 Å². The molecule has 0 aromatic carbocycles. The molecule has 13 heavy (non-hydrogen) atoms. The van der Waals surface area contributed by atoms with Crippen molar-refractivity contribution in [3.8, 4) is 0 Å². The zero-order valence-corrected chi connectivity index (χ0v) is 8.38. The summed E-state index contributed by atoms with van der Waals surface area (Å²) in [6.45, 7) is 5.58. The van der Waals surface area contributed by atoms with E-state index < -0.39 is 0 Å². The van der Waals surface area contributed by atoms with Crippen LogP contribution in [0.2, 0.25) is 0 Å². The summed E-state index contributed by atoms with van der Waals surface area (Å²) in [4.78, 5) is 13.2. The van der Waals surface area contributed by atoms with Gasteiger partial charge in [0.25, 0.3) is 0 Å². The summed E-state index contributed by atoms with van der Waals surface area (Å²) in [6.07, 6.45) is 0.891. The van der Waals surface area contributed by atoms with Crippen molar-refractivity contribution >= 4 is 5.91 Å². The lowest BCUT2D eigenvalue weighted by atomic mass is 10.2. The van der Waals surface area contributed by atoms with Gasteiger partial charge in [0.2, 0.25) is 5.91 Å². The fraction of sp³-hybridized carbons (Fsp3) is 0.889. The smallest absolute Gasteiger partial charge is 0.221 e. The number of rotatable bonds is 3. The molecule has 1 N–H and O–H groups in total. The number of carbonyl (C=O) groups excluding carboxylic acids is 1. The Bertz CT molecular complexity index is 173. The Kier molecular flexibility index (Phi) is 4.18. The standard InChI is InChI=1S/C9H18N2O2/c1-8-7-11(5-6-13-8)4-3-9(12)10-2/h8H,3-7H2,1-2H3,(H,10,12)/t8-/m0/s1. The number of carbonyl (C=O) groups is 1. The Morgan fingerprint density at radius 3 is 3.08 bits per heavy atom. The van der Waals surface area contributed by atoms with Gasteiger partial charge in [-0.2, -0.15) is 0 Å². The summed E-state index contributed by atoms with van der Waals surface area (Å²) in [5.41, 5.74) is 0. The number of ether oxygens (including phenoxy) is 1. The molecule has 4 nitrogen and oxygen atoms in total. The van der Waals surface area contributed by atoms with Crippen LogP contribution >= 0.6 is 0 Å². The maximum Gasteiger partial charge on any atom is 0.221 e. The van der Waals surface area contributed by atoms with Crippen LogP contribution in [0.1, 0.15) is 13.3 Å². The highest BCUT2D eigenvalue weighted by molar-refractivity contribution is 5.75. The van der Waals surface area contributed by atoms with Gasteiger partial charge in [-0.15, -0.1) is 0 Å². The lowest BCUT2D eigenvalue weighted by Gasteiger charge is -2.30. The maximum absolute atomic E-state index is 11.0. The van der Waals surface area contributed by atoms with Crippen LogP contribution in [0.15, 0.2) is 0 Å². The van der Waals surface area contributed by atoms with Gasteiger partial charge in [-0.1, -0.05) is 0 Å². The molecule has 1 heterocycles. The van der Waals surface area contributed by atoms with Crippen LogP contribution in [0.3, 0.4) is 0 Å². The van der Waals surface area contributed by atoms with E-state index in [1.54, 1.807) is 7.05 Å². The van der Waals surface area contributed by atoms with E-state index >= 15 is 0 Å². The number of hydrogen-bond donors (Lipinski definition) is 1. The molecule has 1 aliphatic rings. The molecule has 1 aliphatic heterocycles. The van der Waals surface area contributed by atoms with Crippen LogP contribution in [-0.2, 0) is 9.53 Å². The Morgan fingerprint density at radius 2 is 2.46 bits per heavy atom. The van der Waals surface area contributed by atoms with Gasteiger partial charge in [-0.3, -0.25) is 9.69 Å². The highest BCUT2D eigenvalue weighted by atomic mass is 16.5. The number of hydrogen-bond acceptors (Lipinski definition) is 3. The molecule has 0 aromatic heterocycles. The van der Waals surface area contributed by atoms with E-state index in [-0.39, 0.29) is 5.91 Å². The predicted octanol–water partition coefficient (Wildman–Crippen LogP) is -0.157. The van der Waals surface area contributed by atoms with Crippen molar-refractivity contribution in [3.63, 3.8) is 0 Å². The summed E-state index contributed by atoms with van der Waals surface area (Å²) in [5.74, 6) is 0.110. The van der Waals surface area contributed by atoms with Crippen molar-refractivity contribution < 1.29 is 9.53 Å². The summed E-state index contributed by atoms with van der Waals surface area (Å²) >= 11 is 0. The highest BCUT2D eigenvalue weighted by Gasteiger charge is 2.16. The fourth-order valence-electron chi connectivity index (χ4n) is 1.48. The van der Waals surface area contributed by atoms with Crippen LogP contribution in [0, 0.1) is 0 Å². The summed E-state index contributed by atoms with van der Waals surface area (Å²) < 4.78 is 5.40. The summed E-state index contributed by atoms with van der Waals surface area (Å²) in [5, 5.41) is 2.62. The zero-order chi connectivity index (χ0) is 9.68. The molecule has 0 bridgehead atoms. The predicted molar refractivity (Wildman–Crippen MR) is 50.5 cm³/mol. The topological polar surface area (TPSA) is 41.6 Å². The molecule has 1 rings (SSSR count). The second-order valence-corrected chi connectivity index (χ2v) is 3.41. The van der Waals surface area contributed by atoms with E-state index in [0.29, 0.717) is 12.5 Å². The van der Waals surface area contributed by atoms with Gasteiger partial charge in [-0.25, -0.2) is 0 Å². The van der Waals surface area contributed by atoms with Crippen molar-refractivity contribution in [3.05, 3.63) is 0 Å². The van der Waals surface area contributed by atoms with Crippen molar-refractivity contribution in [2.24, 2.45) is 0 Å². The molecule has 4 heteroatoms. The van der Waals surface area contributed by atoms with Crippen LogP contribution < -0.4 is 5.32 Å². The normalized spacial score (nSPS) is 24.3. The van der Waals surface area contributed by atoms with Gasteiger partial charge < -0.3 is 10.1 Å². The van der Waals surface area contributed by atoms with Gasteiger partial charge in [0.1, 0.15) is 0 Å². The molecule has 0 unspecified atom stereocenters. The Labute approximate surface area is 79.2 Å². The minimum absolute atomic E-state index is 0.110. The quantitative estimate of drug-likeness (QED) is 0.666. The van der Waals surface area contributed by atoms with E-state index in [2.05, 4.69) is 17.1 Å². The zero-order valence-electron chi connectivity index (χ0n) is 8.38. The van der Waals surface area contributed by atoms with Gasteiger partial charge in [0, 0.05) is 33.1 Å². The Balaban J connectivity index is 2.17. The molecule has 0 saturated carbocycles. The van der Waals surface area contributed by atoms with E-state index in [0.717, 1.165) is 26.2 Å². The van der Waals surface area contributed by atoms with Crippen molar-refractivity contribution in [2.45, 2.75) is 19.4 Å². The molecule has 1 atom stereocenters. The first kappa shape index (κ1) is 10.5.